The lowest BCUT2D eigenvalue weighted by Gasteiger charge is -2.36. The van der Waals surface area contributed by atoms with Crippen molar-refractivity contribution >= 4 is 0 Å². The van der Waals surface area contributed by atoms with E-state index in [9.17, 15) is 0 Å². The van der Waals surface area contributed by atoms with Gasteiger partial charge in [-0.2, -0.15) is 0 Å². The highest BCUT2D eigenvalue weighted by molar-refractivity contribution is 4.76. The van der Waals surface area contributed by atoms with Gasteiger partial charge >= 0.3 is 0 Å². The van der Waals surface area contributed by atoms with Gasteiger partial charge in [0.15, 0.2) is 0 Å². The van der Waals surface area contributed by atoms with Gasteiger partial charge in [-0.25, -0.2) is 0 Å². The molecule has 0 rings (SSSR count). The molecule has 0 aliphatic carbocycles. The van der Waals surface area contributed by atoms with Gasteiger partial charge in [0, 0.05) is 12.1 Å². The largest absolute Gasteiger partial charge is 0.316 e. The highest BCUT2D eigenvalue weighted by atomic mass is 15.2. The van der Waals surface area contributed by atoms with Crippen LogP contribution in [0.1, 0.15) is 54.4 Å². The summed E-state index contributed by atoms with van der Waals surface area (Å²) in [6.07, 6.45) is 2.47. The van der Waals surface area contributed by atoms with Gasteiger partial charge in [0.2, 0.25) is 0 Å². The van der Waals surface area contributed by atoms with E-state index in [0.29, 0.717) is 12.1 Å². The molecule has 2 unspecified atom stereocenters. The van der Waals surface area contributed by atoms with Crippen LogP contribution in [0.4, 0.5) is 0 Å². The third kappa shape index (κ3) is 5.86. The Morgan fingerprint density at radius 1 is 1.00 bits per heavy atom. The molecule has 16 heavy (non-hydrogen) atoms. The molecule has 0 aromatic heterocycles. The number of nitrogens with one attached hydrogen (secondary N) is 1. The van der Waals surface area contributed by atoms with Gasteiger partial charge in [-0.05, 0) is 59.2 Å². The van der Waals surface area contributed by atoms with Crippen LogP contribution in [0.15, 0.2) is 0 Å². The summed E-state index contributed by atoms with van der Waals surface area (Å²) in [5, 5.41) is 3.52. The Labute approximate surface area is 103 Å². The number of rotatable bonds is 9. The van der Waals surface area contributed by atoms with Crippen molar-refractivity contribution in [3.8, 4) is 0 Å². The van der Waals surface area contributed by atoms with Crippen molar-refractivity contribution in [3.63, 3.8) is 0 Å². The highest BCUT2D eigenvalue weighted by Gasteiger charge is 2.21. The minimum atomic E-state index is 0.656. The Bertz CT molecular complexity index is 157. The molecular formula is C14H32N2. The van der Waals surface area contributed by atoms with Crippen LogP contribution in [0.25, 0.3) is 0 Å². The summed E-state index contributed by atoms with van der Waals surface area (Å²) in [7, 11) is 0. The molecule has 0 fully saturated rings. The van der Waals surface area contributed by atoms with E-state index >= 15 is 0 Å². The molecule has 0 amide bonds. The van der Waals surface area contributed by atoms with E-state index in [1.807, 2.05) is 0 Å². The van der Waals surface area contributed by atoms with E-state index in [-0.39, 0.29) is 0 Å². The molecule has 0 aliphatic heterocycles. The molecular weight excluding hydrogens is 196 g/mol. The Hall–Kier alpha value is -0.0800. The molecule has 2 nitrogen and oxygen atoms in total. The van der Waals surface area contributed by atoms with Gasteiger partial charge in [0.1, 0.15) is 0 Å². The van der Waals surface area contributed by atoms with E-state index in [1.54, 1.807) is 0 Å². The third-order valence-corrected chi connectivity index (χ3v) is 3.38. The quantitative estimate of drug-likeness (QED) is 0.610. The van der Waals surface area contributed by atoms with Crippen molar-refractivity contribution in [2.75, 3.05) is 19.6 Å². The zero-order valence-electron chi connectivity index (χ0n) is 12.2. The van der Waals surface area contributed by atoms with Crippen LogP contribution < -0.4 is 5.32 Å². The molecule has 2 atom stereocenters. The van der Waals surface area contributed by atoms with E-state index in [1.165, 1.54) is 19.4 Å². The lowest BCUT2D eigenvalue weighted by molar-refractivity contribution is 0.123. The fraction of sp³-hybridized carbons (Fsp3) is 1.00. The van der Waals surface area contributed by atoms with Crippen LogP contribution in [0.5, 0.6) is 0 Å². The van der Waals surface area contributed by atoms with Crippen molar-refractivity contribution in [3.05, 3.63) is 0 Å². The summed E-state index contributed by atoms with van der Waals surface area (Å²) < 4.78 is 0. The molecule has 2 heteroatoms. The Morgan fingerprint density at radius 2 is 1.62 bits per heavy atom. The first-order valence-electron chi connectivity index (χ1n) is 7.00. The summed E-state index contributed by atoms with van der Waals surface area (Å²) in [5.74, 6) is 0.723. The minimum Gasteiger partial charge on any atom is -0.316 e. The van der Waals surface area contributed by atoms with Crippen molar-refractivity contribution in [1.29, 1.82) is 0 Å². The van der Waals surface area contributed by atoms with Crippen LogP contribution in [0.2, 0.25) is 0 Å². The molecule has 0 saturated carbocycles. The van der Waals surface area contributed by atoms with Gasteiger partial charge < -0.3 is 5.32 Å². The molecule has 0 aromatic carbocycles. The highest BCUT2D eigenvalue weighted by Crippen LogP contribution is 2.14. The first kappa shape index (κ1) is 15.9. The normalized spacial score (nSPS) is 15.8. The zero-order chi connectivity index (χ0) is 12.6. The number of nitrogens with zero attached hydrogens (tertiary/aromatic N) is 1. The van der Waals surface area contributed by atoms with Crippen LogP contribution in [0, 0.1) is 5.92 Å². The summed E-state index contributed by atoms with van der Waals surface area (Å²) in [6, 6.07) is 1.33. The predicted molar refractivity (Wildman–Crippen MR) is 73.9 cm³/mol. The Balaban J connectivity index is 4.09. The minimum absolute atomic E-state index is 0.656. The molecule has 98 valence electrons. The van der Waals surface area contributed by atoms with Crippen LogP contribution >= 0.6 is 0 Å². The summed E-state index contributed by atoms with van der Waals surface area (Å²) in [6.45, 7) is 17.3. The summed E-state index contributed by atoms with van der Waals surface area (Å²) >= 11 is 0. The second-order valence-corrected chi connectivity index (χ2v) is 5.25. The van der Waals surface area contributed by atoms with Crippen molar-refractivity contribution in [1.82, 2.24) is 10.2 Å². The van der Waals surface area contributed by atoms with E-state index < -0.39 is 0 Å². The molecule has 0 radical (unpaired) electrons. The monoisotopic (exact) mass is 228 g/mol. The second-order valence-electron chi connectivity index (χ2n) is 5.25. The maximum absolute atomic E-state index is 3.52. The average molecular weight is 228 g/mol. The lowest BCUT2D eigenvalue weighted by Crippen LogP contribution is -2.45. The average Bonchev–Trinajstić information content (AvgIpc) is 2.24. The molecule has 0 bridgehead atoms. The summed E-state index contributed by atoms with van der Waals surface area (Å²) in [4.78, 5) is 2.62. The van der Waals surface area contributed by atoms with E-state index in [2.05, 4.69) is 51.8 Å². The van der Waals surface area contributed by atoms with Gasteiger partial charge in [0.25, 0.3) is 0 Å². The van der Waals surface area contributed by atoms with Gasteiger partial charge in [0.05, 0.1) is 0 Å². The van der Waals surface area contributed by atoms with Crippen molar-refractivity contribution in [2.24, 2.45) is 5.92 Å². The fourth-order valence-electron chi connectivity index (χ4n) is 2.19. The maximum Gasteiger partial charge on any atom is 0.0107 e. The first-order chi connectivity index (χ1) is 7.54. The molecule has 0 saturated heterocycles. The SMILES string of the molecule is CCCNCC(C)C(C)N(CCC)C(C)C. The topological polar surface area (TPSA) is 15.3 Å². The Morgan fingerprint density at radius 3 is 2.06 bits per heavy atom. The van der Waals surface area contributed by atoms with Crippen molar-refractivity contribution in [2.45, 2.75) is 66.5 Å². The van der Waals surface area contributed by atoms with Crippen LogP contribution in [0.3, 0.4) is 0 Å². The van der Waals surface area contributed by atoms with E-state index in [4.69, 9.17) is 0 Å². The second kappa shape index (κ2) is 9.00. The van der Waals surface area contributed by atoms with Gasteiger partial charge in [-0.15, -0.1) is 0 Å². The van der Waals surface area contributed by atoms with Gasteiger partial charge in [-0.3, -0.25) is 4.90 Å². The maximum atomic E-state index is 3.52. The predicted octanol–water partition coefficient (Wildman–Crippen LogP) is 3.13. The molecule has 1 N–H and O–H groups in total. The lowest BCUT2D eigenvalue weighted by atomic mass is 10.0. The van der Waals surface area contributed by atoms with E-state index in [0.717, 1.165) is 19.0 Å². The Kier molecular flexibility index (Phi) is 8.96. The van der Waals surface area contributed by atoms with Crippen LogP contribution in [-0.2, 0) is 0 Å². The standard InChI is InChI=1S/C14H32N2/c1-7-9-15-11-13(5)14(6)16(10-8-2)12(3)4/h12-15H,7-11H2,1-6H3. The zero-order valence-corrected chi connectivity index (χ0v) is 12.2. The first-order valence-corrected chi connectivity index (χ1v) is 7.00. The number of hydrogen-bond acceptors (Lipinski definition) is 2. The third-order valence-electron chi connectivity index (χ3n) is 3.38. The molecule has 0 aliphatic rings. The smallest absolute Gasteiger partial charge is 0.0107 e. The van der Waals surface area contributed by atoms with Crippen molar-refractivity contribution < 1.29 is 0 Å². The van der Waals surface area contributed by atoms with Crippen LogP contribution in [-0.4, -0.2) is 36.6 Å². The fourth-order valence-corrected chi connectivity index (χ4v) is 2.19. The van der Waals surface area contributed by atoms with Gasteiger partial charge in [-0.1, -0.05) is 20.8 Å². The molecule has 0 heterocycles. The molecule has 0 spiro atoms. The molecule has 0 aromatic rings. The number of hydrogen-bond donors (Lipinski definition) is 1. The summed E-state index contributed by atoms with van der Waals surface area (Å²) in [5.41, 5.74) is 0.